The highest BCUT2D eigenvalue weighted by molar-refractivity contribution is 7.99. The van der Waals surface area contributed by atoms with E-state index in [4.69, 9.17) is 9.47 Å². The molecule has 158 valence electrons. The summed E-state index contributed by atoms with van der Waals surface area (Å²) in [6.07, 6.45) is 0. The van der Waals surface area contributed by atoms with E-state index in [1.54, 1.807) is 14.2 Å². The fourth-order valence-electron chi connectivity index (χ4n) is 2.72. The SMILES string of the molecule is CCOc1ccc(NCc2nnc(SCC(=O)NC)n2-c2ccc(OC)cc2)cc1. The van der Waals surface area contributed by atoms with Crippen molar-refractivity contribution in [3.8, 4) is 17.2 Å². The van der Waals surface area contributed by atoms with Gasteiger partial charge in [-0.05, 0) is 55.5 Å². The molecule has 0 aliphatic carbocycles. The topological polar surface area (TPSA) is 90.3 Å². The number of thioether (sulfide) groups is 1. The quantitative estimate of drug-likeness (QED) is 0.481. The lowest BCUT2D eigenvalue weighted by Gasteiger charge is -2.12. The predicted molar refractivity (Wildman–Crippen MR) is 118 cm³/mol. The number of amides is 1. The number of hydrogen-bond donors (Lipinski definition) is 2. The van der Waals surface area contributed by atoms with Gasteiger partial charge in [0.25, 0.3) is 0 Å². The van der Waals surface area contributed by atoms with Crippen molar-refractivity contribution in [2.75, 3.05) is 31.8 Å². The smallest absolute Gasteiger partial charge is 0.230 e. The van der Waals surface area contributed by atoms with Gasteiger partial charge in [-0.25, -0.2) is 0 Å². The minimum absolute atomic E-state index is 0.0710. The molecule has 1 aromatic heterocycles. The second-order valence-electron chi connectivity index (χ2n) is 6.21. The zero-order valence-corrected chi connectivity index (χ0v) is 18.0. The highest BCUT2D eigenvalue weighted by atomic mass is 32.2. The zero-order chi connectivity index (χ0) is 21.3. The maximum Gasteiger partial charge on any atom is 0.230 e. The molecule has 0 aliphatic heterocycles. The average Bonchev–Trinajstić information content (AvgIpc) is 3.20. The van der Waals surface area contributed by atoms with Gasteiger partial charge < -0.3 is 20.1 Å². The second kappa shape index (κ2) is 10.5. The first-order valence-corrected chi connectivity index (χ1v) is 10.5. The molecule has 0 fully saturated rings. The highest BCUT2D eigenvalue weighted by Crippen LogP contribution is 2.24. The van der Waals surface area contributed by atoms with Crippen molar-refractivity contribution < 1.29 is 14.3 Å². The number of ether oxygens (including phenoxy) is 2. The van der Waals surface area contributed by atoms with Gasteiger partial charge in [0.15, 0.2) is 11.0 Å². The van der Waals surface area contributed by atoms with E-state index < -0.39 is 0 Å². The van der Waals surface area contributed by atoms with Gasteiger partial charge in [-0.2, -0.15) is 0 Å². The molecule has 0 bridgehead atoms. The third-order valence-electron chi connectivity index (χ3n) is 4.26. The standard InChI is InChI=1S/C21H25N5O3S/c1-4-29-18-9-5-15(6-10-18)23-13-19-24-25-21(30-14-20(27)22-2)26(19)16-7-11-17(28-3)12-8-16/h5-12,23H,4,13-14H2,1-3H3,(H,22,27). The Morgan fingerprint density at radius 1 is 1.07 bits per heavy atom. The predicted octanol–water partition coefficient (Wildman–Crippen LogP) is 3.12. The summed E-state index contributed by atoms with van der Waals surface area (Å²) in [6.45, 7) is 3.06. The van der Waals surface area contributed by atoms with Crippen molar-refractivity contribution in [2.24, 2.45) is 0 Å². The Balaban J connectivity index is 1.81. The summed E-state index contributed by atoms with van der Waals surface area (Å²) in [7, 11) is 3.24. The Morgan fingerprint density at radius 3 is 2.40 bits per heavy atom. The summed E-state index contributed by atoms with van der Waals surface area (Å²) in [4.78, 5) is 11.7. The molecule has 9 heteroatoms. The summed E-state index contributed by atoms with van der Waals surface area (Å²) in [6, 6.07) is 15.4. The Labute approximate surface area is 180 Å². The number of nitrogens with one attached hydrogen (secondary N) is 2. The molecule has 0 unspecified atom stereocenters. The molecule has 3 rings (SSSR count). The van der Waals surface area contributed by atoms with E-state index >= 15 is 0 Å². The third-order valence-corrected chi connectivity index (χ3v) is 5.19. The van der Waals surface area contributed by atoms with Crippen LogP contribution in [0.1, 0.15) is 12.7 Å². The lowest BCUT2D eigenvalue weighted by Crippen LogP contribution is -2.20. The summed E-state index contributed by atoms with van der Waals surface area (Å²) in [5, 5.41) is 15.3. The molecule has 0 saturated carbocycles. The average molecular weight is 428 g/mol. The van der Waals surface area contributed by atoms with Gasteiger partial charge in [-0.1, -0.05) is 11.8 Å². The van der Waals surface area contributed by atoms with Gasteiger partial charge >= 0.3 is 0 Å². The summed E-state index contributed by atoms with van der Waals surface area (Å²) < 4.78 is 12.7. The van der Waals surface area contributed by atoms with Gasteiger partial charge in [0, 0.05) is 18.4 Å². The van der Waals surface area contributed by atoms with E-state index in [1.165, 1.54) is 11.8 Å². The van der Waals surface area contributed by atoms with Gasteiger partial charge in [0.2, 0.25) is 5.91 Å². The van der Waals surface area contributed by atoms with Crippen molar-refractivity contribution in [3.63, 3.8) is 0 Å². The van der Waals surface area contributed by atoms with Crippen molar-refractivity contribution in [2.45, 2.75) is 18.6 Å². The van der Waals surface area contributed by atoms with Crippen LogP contribution in [0.5, 0.6) is 11.5 Å². The Kier molecular flexibility index (Phi) is 7.56. The second-order valence-corrected chi connectivity index (χ2v) is 7.15. The van der Waals surface area contributed by atoms with Crippen LogP contribution in [-0.4, -0.2) is 47.2 Å². The Bertz CT molecular complexity index is 958. The number of hydrogen-bond acceptors (Lipinski definition) is 7. The van der Waals surface area contributed by atoms with Gasteiger partial charge in [-0.3, -0.25) is 9.36 Å². The van der Waals surface area contributed by atoms with E-state index in [1.807, 2.05) is 60.0 Å². The van der Waals surface area contributed by atoms with Crippen molar-refractivity contribution >= 4 is 23.4 Å². The van der Waals surface area contributed by atoms with E-state index in [2.05, 4.69) is 20.8 Å². The molecule has 0 atom stereocenters. The maximum atomic E-state index is 11.7. The Morgan fingerprint density at radius 2 is 1.77 bits per heavy atom. The minimum atomic E-state index is -0.0710. The first kappa shape index (κ1) is 21.5. The van der Waals surface area contributed by atoms with Crippen molar-refractivity contribution in [1.82, 2.24) is 20.1 Å². The normalized spacial score (nSPS) is 10.5. The lowest BCUT2D eigenvalue weighted by molar-refractivity contribution is -0.118. The van der Waals surface area contributed by atoms with Crippen LogP contribution in [0.25, 0.3) is 5.69 Å². The number of benzene rings is 2. The summed E-state index contributed by atoms with van der Waals surface area (Å²) in [5.41, 5.74) is 1.84. The molecule has 1 amide bonds. The summed E-state index contributed by atoms with van der Waals surface area (Å²) in [5.74, 6) is 2.52. The summed E-state index contributed by atoms with van der Waals surface area (Å²) >= 11 is 1.34. The molecule has 8 nitrogen and oxygen atoms in total. The lowest BCUT2D eigenvalue weighted by atomic mass is 10.3. The Hall–Kier alpha value is -3.20. The molecule has 3 aromatic rings. The molecular weight excluding hydrogens is 402 g/mol. The van der Waals surface area contributed by atoms with Crippen LogP contribution in [0.15, 0.2) is 53.7 Å². The number of rotatable bonds is 10. The fraction of sp³-hybridized carbons (Fsp3) is 0.286. The van der Waals surface area contributed by atoms with E-state index in [9.17, 15) is 4.79 Å². The monoisotopic (exact) mass is 427 g/mol. The number of anilines is 1. The molecule has 2 N–H and O–H groups in total. The number of aromatic nitrogens is 3. The van der Waals surface area contributed by atoms with Crippen LogP contribution in [0.4, 0.5) is 5.69 Å². The largest absolute Gasteiger partial charge is 0.497 e. The van der Waals surface area contributed by atoms with Crippen molar-refractivity contribution in [1.29, 1.82) is 0 Å². The van der Waals surface area contributed by atoms with Crippen LogP contribution >= 0.6 is 11.8 Å². The van der Waals surface area contributed by atoms with Crippen molar-refractivity contribution in [3.05, 3.63) is 54.4 Å². The molecule has 1 heterocycles. The van der Waals surface area contributed by atoms with E-state index in [-0.39, 0.29) is 11.7 Å². The van der Waals surface area contributed by atoms with Crippen LogP contribution in [0, 0.1) is 0 Å². The first-order valence-electron chi connectivity index (χ1n) is 9.53. The first-order chi connectivity index (χ1) is 14.6. The molecule has 30 heavy (non-hydrogen) atoms. The molecular formula is C21H25N5O3S. The number of carbonyl (C=O) groups excluding carboxylic acids is 1. The molecule has 0 saturated heterocycles. The zero-order valence-electron chi connectivity index (χ0n) is 17.2. The highest BCUT2D eigenvalue weighted by Gasteiger charge is 2.16. The molecule has 0 spiro atoms. The molecule has 2 aromatic carbocycles. The van der Waals surface area contributed by atoms with E-state index in [0.29, 0.717) is 18.3 Å². The van der Waals surface area contributed by atoms with Gasteiger partial charge in [-0.15, -0.1) is 10.2 Å². The maximum absolute atomic E-state index is 11.7. The molecule has 0 radical (unpaired) electrons. The van der Waals surface area contributed by atoms with Crippen LogP contribution < -0.4 is 20.1 Å². The molecule has 0 aliphatic rings. The van der Waals surface area contributed by atoms with Crippen LogP contribution in [0.2, 0.25) is 0 Å². The number of nitrogens with zero attached hydrogens (tertiary/aromatic N) is 3. The van der Waals surface area contributed by atoms with Gasteiger partial charge in [0.05, 0.1) is 26.0 Å². The van der Waals surface area contributed by atoms with Crippen LogP contribution in [0.3, 0.4) is 0 Å². The van der Waals surface area contributed by atoms with Crippen LogP contribution in [-0.2, 0) is 11.3 Å². The number of methoxy groups -OCH3 is 1. The van der Waals surface area contributed by atoms with Gasteiger partial charge in [0.1, 0.15) is 11.5 Å². The third kappa shape index (κ3) is 5.44. The minimum Gasteiger partial charge on any atom is -0.497 e. The fourth-order valence-corrected chi connectivity index (χ4v) is 3.56. The number of carbonyl (C=O) groups is 1. The van der Waals surface area contributed by atoms with E-state index in [0.717, 1.165) is 28.7 Å².